The molecule has 1 N–H and O–H groups in total. The van der Waals surface area contributed by atoms with Crippen LogP contribution in [0.5, 0.6) is 11.5 Å². The van der Waals surface area contributed by atoms with E-state index in [1.807, 2.05) is 0 Å². The molecule has 0 unspecified atom stereocenters. The van der Waals surface area contributed by atoms with Crippen molar-refractivity contribution in [3.63, 3.8) is 0 Å². The number of halogens is 2. The monoisotopic (exact) mass is 237 g/mol. The third-order valence-corrected chi connectivity index (χ3v) is 2.33. The molecule has 1 aromatic carbocycles. The fraction of sp³-hybridized carbons (Fsp3) is 0.0833. The summed E-state index contributed by atoms with van der Waals surface area (Å²) in [5, 5.41) is 9.01. The molecule has 1 heterocycles. The van der Waals surface area contributed by atoms with E-state index < -0.39 is 17.4 Å². The van der Waals surface area contributed by atoms with Crippen molar-refractivity contribution < 1.29 is 18.6 Å². The van der Waals surface area contributed by atoms with Crippen molar-refractivity contribution in [1.29, 1.82) is 0 Å². The number of hydrogen-bond donors (Lipinski definition) is 1. The predicted octanol–water partition coefficient (Wildman–Crippen LogP) is 2.74. The van der Waals surface area contributed by atoms with E-state index in [1.54, 1.807) is 6.07 Å². The molecule has 0 spiro atoms. The van der Waals surface area contributed by atoms with Gasteiger partial charge in [0.15, 0.2) is 17.4 Å². The quantitative estimate of drug-likeness (QED) is 0.873. The Morgan fingerprint density at radius 3 is 2.47 bits per heavy atom. The van der Waals surface area contributed by atoms with Crippen molar-refractivity contribution in [3.8, 4) is 22.6 Å². The lowest BCUT2D eigenvalue weighted by atomic mass is 10.1. The molecule has 0 saturated carbocycles. The first-order chi connectivity index (χ1) is 8.13. The van der Waals surface area contributed by atoms with E-state index in [4.69, 9.17) is 9.84 Å². The molecule has 0 radical (unpaired) electrons. The summed E-state index contributed by atoms with van der Waals surface area (Å²) < 4.78 is 31.5. The fourth-order valence-corrected chi connectivity index (χ4v) is 1.50. The van der Waals surface area contributed by atoms with Crippen molar-refractivity contribution in [2.75, 3.05) is 7.11 Å². The highest BCUT2D eigenvalue weighted by Gasteiger charge is 2.13. The van der Waals surface area contributed by atoms with Crippen molar-refractivity contribution in [1.82, 2.24) is 4.98 Å². The van der Waals surface area contributed by atoms with E-state index in [2.05, 4.69) is 4.98 Å². The Hall–Kier alpha value is -2.17. The molecule has 1 aromatic heterocycles. The smallest absolute Gasteiger partial charge is 0.187 e. The minimum absolute atomic E-state index is 0.275. The first kappa shape index (κ1) is 11.3. The van der Waals surface area contributed by atoms with E-state index in [0.717, 1.165) is 12.1 Å². The molecular formula is C12H9F2NO2. The maximum absolute atomic E-state index is 13.2. The number of hydrogen-bond acceptors (Lipinski definition) is 3. The molecule has 0 fully saturated rings. The molecule has 5 heteroatoms. The van der Waals surface area contributed by atoms with Gasteiger partial charge in [0.05, 0.1) is 13.3 Å². The number of pyridine rings is 1. The van der Waals surface area contributed by atoms with Crippen LogP contribution in [0.4, 0.5) is 8.78 Å². The molecule has 0 bridgehead atoms. The van der Waals surface area contributed by atoms with Gasteiger partial charge >= 0.3 is 0 Å². The van der Waals surface area contributed by atoms with E-state index in [9.17, 15) is 8.78 Å². The summed E-state index contributed by atoms with van der Waals surface area (Å²) >= 11 is 0. The zero-order valence-electron chi connectivity index (χ0n) is 8.95. The van der Waals surface area contributed by atoms with Crippen molar-refractivity contribution in [2.45, 2.75) is 0 Å². The second-order valence-electron chi connectivity index (χ2n) is 3.36. The van der Waals surface area contributed by atoms with Gasteiger partial charge in [0.25, 0.3) is 0 Å². The number of phenolic OH excluding ortho intramolecular Hbond substituents is 1. The highest BCUT2D eigenvalue weighted by Crippen LogP contribution is 2.32. The molecule has 3 nitrogen and oxygen atoms in total. The minimum Gasteiger partial charge on any atom is -0.503 e. The Balaban J connectivity index is 2.61. The molecule has 0 aliphatic rings. The maximum atomic E-state index is 13.2. The zero-order valence-corrected chi connectivity index (χ0v) is 8.95. The summed E-state index contributed by atoms with van der Waals surface area (Å²) in [5.74, 6) is -2.61. The van der Waals surface area contributed by atoms with Gasteiger partial charge in [-0.1, -0.05) is 0 Å². The van der Waals surface area contributed by atoms with E-state index >= 15 is 0 Å². The normalized spacial score (nSPS) is 10.3. The minimum atomic E-state index is -1.01. The standard InChI is InChI=1S/C12H9F2NO2/c1-17-11-6-15-3-2-8(11)7-4-9(13)12(16)10(14)5-7/h2-6,16H,1H3. The van der Waals surface area contributed by atoms with Crippen LogP contribution in [-0.2, 0) is 0 Å². The van der Waals surface area contributed by atoms with Gasteiger partial charge < -0.3 is 9.84 Å². The van der Waals surface area contributed by atoms with Crippen LogP contribution in [0.15, 0.2) is 30.6 Å². The lowest BCUT2D eigenvalue weighted by molar-refractivity contribution is 0.396. The van der Waals surface area contributed by atoms with Gasteiger partial charge in [-0.05, 0) is 23.8 Å². The van der Waals surface area contributed by atoms with Gasteiger partial charge in [-0.25, -0.2) is 8.78 Å². The Morgan fingerprint density at radius 1 is 1.24 bits per heavy atom. The van der Waals surface area contributed by atoms with Crippen molar-refractivity contribution >= 4 is 0 Å². The lowest BCUT2D eigenvalue weighted by Crippen LogP contribution is -1.91. The molecule has 2 aromatic rings. The molecule has 0 atom stereocenters. The van der Waals surface area contributed by atoms with E-state index in [1.165, 1.54) is 19.5 Å². The third kappa shape index (κ3) is 2.04. The molecule has 0 saturated heterocycles. The SMILES string of the molecule is COc1cnccc1-c1cc(F)c(O)c(F)c1. The van der Waals surface area contributed by atoms with E-state index in [0.29, 0.717) is 11.3 Å². The summed E-state index contributed by atoms with van der Waals surface area (Å²) in [5.41, 5.74) is 0.775. The van der Waals surface area contributed by atoms with Gasteiger partial charge in [0, 0.05) is 11.8 Å². The lowest BCUT2D eigenvalue weighted by Gasteiger charge is -2.08. The Kier molecular flexibility index (Phi) is 2.91. The van der Waals surface area contributed by atoms with Gasteiger partial charge in [-0.2, -0.15) is 0 Å². The van der Waals surface area contributed by atoms with Crippen molar-refractivity contribution in [2.24, 2.45) is 0 Å². The van der Waals surface area contributed by atoms with E-state index in [-0.39, 0.29) is 5.56 Å². The van der Waals surface area contributed by atoms with Crippen LogP contribution in [-0.4, -0.2) is 17.2 Å². The number of nitrogens with zero attached hydrogens (tertiary/aromatic N) is 1. The number of aromatic nitrogens is 1. The van der Waals surface area contributed by atoms with Crippen LogP contribution in [0.3, 0.4) is 0 Å². The Bertz CT molecular complexity index is 535. The fourth-order valence-electron chi connectivity index (χ4n) is 1.50. The summed E-state index contributed by atoms with van der Waals surface area (Å²) in [4.78, 5) is 3.84. The average molecular weight is 237 g/mol. The van der Waals surface area contributed by atoms with Crippen LogP contribution in [0.2, 0.25) is 0 Å². The van der Waals surface area contributed by atoms with Crippen LogP contribution < -0.4 is 4.74 Å². The van der Waals surface area contributed by atoms with Crippen LogP contribution in [0.25, 0.3) is 11.1 Å². The third-order valence-electron chi connectivity index (χ3n) is 2.33. The number of benzene rings is 1. The summed E-state index contributed by atoms with van der Waals surface area (Å²) in [6.45, 7) is 0. The van der Waals surface area contributed by atoms with Crippen LogP contribution in [0, 0.1) is 11.6 Å². The highest BCUT2D eigenvalue weighted by atomic mass is 19.1. The second-order valence-corrected chi connectivity index (χ2v) is 3.36. The average Bonchev–Trinajstić information content (AvgIpc) is 2.35. The largest absolute Gasteiger partial charge is 0.503 e. The summed E-state index contributed by atoms with van der Waals surface area (Å²) in [6, 6.07) is 3.65. The van der Waals surface area contributed by atoms with Crippen molar-refractivity contribution in [3.05, 3.63) is 42.2 Å². The molecule has 0 aliphatic carbocycles. The summed E-state index contributed by atoms with van der Waals surface area (Å²) in [7, 11) is 1.44. The van der Waals surface area contributed by atoms with Gasteiger partial charge in [0.2, 0.25) is 0 Å². The topological polar surface area (TPSA) is 42.4 Å². The first-order valence-electron chi connectivity index (χ1n) is 4.80. The van der Waals surface area contributed by atoms with Crippen LogP contribution in [0.1, 0.15) is 0 Å². The van der Waals surface area contributed by atoms with Crippen LogP contribution >= 0.6 is 0 Å². The maximum Gasteiger partial charge on any atom is 0.187 e. The van der Waals surface area contributed by atoms with Gasteiger partial charge in [0.1, 0.15) is 5.75 Å². The number of ether oxygens (including phenoxy) is 1. The number of aromatic hydroxyl groups is 1. The molecular weight excluding hydrogens is 228 g/mol. The highest BCUT2D eigenvalue weighted by molar-refractivity contribution is 5.70. The Labute approximate surface area is 96.3 Å². The molecule has 17 heavy (non-hydrogen) atoms. The molecule has 0 aliphatic heterocycles. The second kappa shape index (κ2) is 4.37. The molecule has 0 amide bonds. The summed E-state index contributed by atoms with van der Waals surface area (Å²) in [6.07, 6.45) is 2.93. The Morgan fingerprint density at radius 2 is 1.88 bits per heavy atom. The van der Waals surface area contributed by atoms with Gasteiger partial charge in [-0.15, -0.1) is 0 Å². The number of phenols is 1. The number of rotatable bonds is 2. The van der Waals surface area contributed by atoms with Gasteiger partial charge in [-0.3, -0.25) is 4.98 Å². The number of methoxy groups -OCH3 is 1. The zero-order chi connectivity index (χ0) is 12.4. The molecule has 2 rings (SSSR count). The first-order valence-corrected chi connectivity index (χ1v) is 4.80. The molecule has 88 valence electrons. The predicted molar refractivity (Wildman–Crippen MR) is 57.8 cm³/mol.